The van der Waals surface area contributed by atoms with Crippen LogP contribution in [0.25, 0.3) is 0 Å². The molecule has 0 unspecified atom stereocenters. The Bertz CT molecular complexity index is 459. The van der Waals surface area contributed by atoms with E-state index in [4.69, 9.17) is 22.1 Å². The molecule has 4 nitrogen and oxygen atoms in total. The van der Waals surface area contributed by atoms with Crippen LogP contribution in [0.5, 0.6) is 0 Å². The fourth-order valence-corrected chi connectivity index (χ4v) is 2.76. The summed E-state index contributed by atoms with van der Waals surface area (Å²) in [6, 6.07) is 4.33. The van der Waals surface area contributed by atoms with Crippen molar-refractivity contribution in [1.29, 1.82) is 0 Å². The summed E-state index contributed by atoms with van der Waals surface area (Å²) in [5, 5.41) is 0.257. The molecule has 0 radical (unpaired) electrons. The van der Waals surface area contributed by atoms with Crippen LogP contribution in [-0.4, -0.2) is 27.9 Å². The normalized spacial score (nSPS) is 11.6. The summed E-state index contributed by atoms with van der Waals surface area (Å²) < 4.78 is 28.4. The van der Waals surface area contributed by atoms with Crippen molar-refractivity contribution in [3.8, 4) is 0 Å². The molecule has 0 saturated heterocycles. The number of sulfone groups is 1. The SMILES string of the molecule is COCCCS(=O)(=O)c1ccc(N)c(Cl)c1. The van der Waals surface area contributed by atoms with Gasteiger partial charge in [0.15, 0.2) is 9.84 Å². The maximum Gasteiger partial charge on any atom is 0.178 e. The van der Waals surface area contributed by atoms with Crippen LogP contribution in [0.3, 0.4) is 0 Å². The van der Waals surface area contributed by atoms with E-state index in [0.29, 0.717) is 18.7 Å². The Morgan fingerprint density at radius 2 is 2.12 bits per heavy atom. The number of nitrogen functional groups attached to an aromatic ring is 1. The second-order valence-electron chi connectivity index (χ2n) is 3.35. The van der Waals surface area contributed by atoms with Crippen molar-refractivity contribution in [2.45, 2.75) is 11.3 Å². The molecule has 0 aliphatic heterocycles. The summed E-state index contributed by atoms with van der Waals surface area (Å²) in [7, 11) is -1.76. The van der Waals surface area contributed by atoms with Gasteiger partial charge in [-0.15, -0.1) is 0 Å². The van der Waals surface area contributed by atoms with Crippen LogP contribution < -0.4 is 5.73 Å². The molecule has 16 heavy (non-hydrogen) atoms. The predicted molar refractivity (Wildman–Crippen MR) is 64.4 cm³/mol. The minimum Gasteiger partial charge on any atom is -0.398 e. The number of methoxy groups -OCH3 is 1. The van der Waals surface area contributed by atoms with Gasteiger partial charge in [-0.25, -0.2) is 8.42 Å². The molecular weight excluding hydrogens is 250 g/mol. The highest BCUT2D eigenvalue weighted by Crippen LogP contribution is 2.23. The highest BCUT2D eigenvalue weighted by molar-refractivity contribution is 7.91. The third-order valence-electron chi connectivity index (χ3n) is 2.09. The summed E-state index contributed by atoms with van der Waals surface area (Å²) in [5.74, 6) is 0.0427. The summed E-state index contributed by atoms with van der Waals surface area (Å²) in [6.07, 6.45) is 0.459. The van der Waals surface area contributed by atoms with E-state index >= 15 is 0 Å². The number of hydrogen-bond donors (Lipinski definition) is 1. The van der Waals surface area contributed by atoms with Gasteiger partial charge in [-0.2, -0.15) is 0 Å². The zero-order valence-electron chi connectivity index (χ0n) is 8.94. The van der Waals surface area contributed by atoms with E-state index in [9.17, 15) is 8.42 Å². The van der Waals surface area contributed by atoms with Gasteiger partial charge >= 0.3 is 0 Å². The second kappa shape index (κ2) is 5.52. The second-order valence-corrected chi connectivity index (χ2v) is 5.86. The Morgan fingerprint density at radius 3 is 2.69 bits per heavy atom. The number of halogens is 1. The predicted octanol–water partition coefficient (Wildman–Crippen LogP) is 1.73. The Balaban J connectivity index is 2.86. The Kier molecular flexibility index (Phi) is 4.58. The fraction of sp³-hybridized carbons (Fsp3) is 0.400. The molecule has 0 amide bonds. The number of benzene rings is 1. The molecule has 0 atom stereocenters. The van der Waals surface area contributed by atoms with Crippen molar-refractivity contribution in [3.05, 3.63) is 23.2 Å². The van der Waals surface area contributed by atoms with Gasteiger partial charge in [-0.3, -0.25) is 0 Å². The standard InChI is InChI=1S/C10H14ClNO3S/c1-15-5-2-6-16(13,14)8-3-4-10(12)9(11)7-8/h3-4,7H,2,5-6,12H2,1H3. The van der Waals surface area contributed by atoms with Crippen LogP contribution in [0.4, 0.5) is 5.69 Å². The van der Waals surface area contributed by atoms with Gasteiger partial charge in [-0.05, 0) is 24.6 Å². The van der Waals surface area contributed by atoms with Gasteiger partial charge in [0.1, 0.15) is 0 Å². The molecule has 0 aliphatic rings. The molecule has 1 aromatic carbocycles. The molecule has 0 bridgehead atoms. The number of ether oxygens (including phenoxy) is 1. The zero-order chi connectivity index (χ0) is 12.2. The summed E-state index contributed by atoms with van der Waals surface area (Å²) in [5.41, 5.74) is 5.88. The van der Waals surface area contributed by atoms with Gasteiger partial charge in [0, 0.05) is 13.7 Å². The van der Waals surface area contributed by atoms with Gasteiger partial charge in [-0.1, -0.05) is 11.6 Å². The van der Waals surface area contributed by atoms with E-state index in [-0.39, 0.29) is 15.7 Å². The number of anilines is 1. The average molecular weight is 264 g/mol. The monoisotopic (exact) mass is 263 g/mol. The van der Waals surface area contributed by atoms with Crippen molar-refractivity contribution in [2.24, 2.45) is 0 Å². The smallest absolute Gasteiger partial charge is 0.178 e. The lowest BCUT2D eigenvalue weighted by Crippen LogP contribution is -2.09. The van der Waals surface area contributed by atoms with Crippen molar-refractivity contribution >= 4 is 27.1 Å². The molecule has 0 aromatic heterocycles. The van der Waals surface area contributed by atoms with E-state index in [2.05, 4.69) is 0 Å². The quantitative estimate of drug-likeness (QED) is 0.649. The van der Waals surface area contributed by atoms with Crippen molar-refractivity contribution in [1.82, 2.24) is 0 Å². The highest BCUT2D eigenvalue weighted by atomic mass is 35.5. The van der Waals surface area contributed by atoms with Gasteiger partial charge in [0.25, 0.3) is 0 Å². The first-order valence-electron chi connectivity index (χ1n) is 4.74. The van der Waals surface area contributed by atoms with E-state index < -0.39 is 9.84 Å². The summed E-state index contributed by atoms with van der Waals surface area (Å²) in [6.45, 7) is 0.419. The fourth-order valence-electron chi connectivity index (χ4n) is 1.21. The molecule has 0 spiro atoms. The molecule has 0 fully saturated rings. The third-order valence-corrected chi connectivity index (χ3v) is 4.22. The van der Waals surface area contributed by atoms with Gasteiger partial charge in [0.05, 0.1) is 21.4 Å². The topological polar surface area (TPSA) is 69.4 Å². The van der Waals surface area contributed by atoms with Crippen molar-refractivity contribution < 1.29 is 13.2 Å². The van der Waals surface area contributed by atoms with Crippen molar-refractivity contribution in [2.75, 3.05) is 25.2 Å². The van der Waals surface area contributed by atoms with Crippen LogP contribution in [0.2, 0.25) is 5.02 Å². The van der Waals surface area contributed by atoms with Crippen molar-refractivity contribution in [3.63, 3.8) is 0 Å². The largest absolute Gasteiger partial charge is 0.398 e. The Hall–Kier alpha value is -0.780. The van der Waals surface area contributed by atoms with E-state index in [1.165, 1.54) is 25.3 Å². The van der Waals surface area contributed by atoms with Gasteiger partial charge < -0.3 is 10.5 Å². The van der Waals surface area contributed by atoms with E-state index in [1.54, 1.807) is 0 Å². The minimum absolute atomic E-state index is 0.0427. The molecule has 0 saturated carbocycles. The molecule has 0 heterocycles. The Morgan fingerprint density at radius 1 is 1.44 bits per heavy atom. The minimum atomic E-state index is -3.29. The number of nitrogens with two attached hydrogens (primary N) is 1. The molecular formula is C10H14ClNO3S. The lowest BCUT2D eigenvalue weighted by Gasteiger charge is -2.05. The van der Waals surface area contributed by atoms with E-state index in [1.807, 2.05) is 0 Å². The first-order chi connectivity index (χ1) is 7.47. The summed E-state index contributed by atoms with van der Waals surface area (Å²) in [4.78, 5) is 0.197. The molecule has 0 aliphatic carbocycles. The summed E-state index contributed by atoms with van der Waals surface area (Å²) >= 11 is 5.77. The number of hydrogen-bond acceptors (Lipinski definition) is 4. The number of rotatable bonds is 5. The highest BCUT2D eigenvalue weighted by Gasteiger charge is 2.14. The first kappa shape index (κ1) is 13.3. The first-order valence-corrected chi connectivity index (χ1v) is 6.77. The van der Waals surface area contributed by atoms with Crippen LogP contribution in [0.1, 0.15) is 6.42 Å². The Labute approximate surface area is 100 Å². The zero-order valence-corrected chi connectivity index (χ0v) is 10.5. The average Bonchev–Trinajstić information content (AvgIpc) is 2.22. The molecule has 90 valence electrons. The van der Waals surface area contributed by atoms with E-state index in [0.717, 1.165) is 0 Å². The van der Waals surface area contributed by atoms with Crippen LogP contribution >= 0.6 is 11.6 Å². The molecule has 1 rings (SSSR count). The van der Waals surface area contributed by atoms with Crippen LogP contribution in [0, 0.1) is 0 Å². The third kappa shape index (κ3) is 3.37. The lowest BCUT2D eigenvalue weighted by atomic mass is 10.3. The van der Waals surface area contributed by atoms with Crippen LogP contribution in [0.15, 0.2) is 23.1 Å². The molecule has 2 N–H and O–H groups in total. The van der Waals surface area contributed by atoms with Gasteiger partial charge in [0.2, 0.25) is 0 Å². The maximum absolute atomic E-state index is 11.8. The van der Waals surface area contributed by atoms with Crippen LogP contribution in [-0.2, 0) is 14.6 Å². The lowest BCUT2D eigenvalue weighted by molar-refractivity contribution is 0.199. The maximum atomic E-state index is 11.8. The molecule has 1 aromatic rings. The molecule has 6 heteroatoms.